The summed E-state index contributed by atoms with van der Waals surface area (Å²) in [6.07, 6.45) is 2.20. The summed E-state index contributed by atoms with van der Waals surface area (Å²) in [4.78, 5) is 31.5. The lowest BCUT2D eigenvalue weighted by Gasteiger charge is -2.12. The largest absolute Gasteiger partial charge is 0.353 e. The zero-order valence-electron chi connectivity index (χ0n) is 16.0. The molecule has 0 radical (unpaired) electrons. The van der Waals surface area contributed by atoms with Gasteiger partial charge in [-0.1, -0.05) is 6.92 Å². The van der Waals surface area contributed by atoms with E-state index in [9.17, 15) is 4.79 Å². The number of nitrogens with one attached hydrogen (secondary N) is 3. The first-order valence-electron chi connectivity index (χ1n) is 8.65. The molecular formula is C16H27N9O. The minimum atomic E-state index is -0.175. The lowest BCUT2D eigenvalue weighted by Crippen LogP contribution is -2.25. The summed E-state index contributed by atoms with van der Waals surface area (Å²) < 4.78 is 1.67. The molecule has 0 fully saturated rings. The summed E-state index contributed by atoms with van der Waals surface area (Å²) >= 11 is 0. The van der Waals surface area contributed by atoms with Crippen LogP contribution < -0.4 is 16.0 Å². The highest BCUT2D eigenvalue weighted by molar-refractivity contribution is 5.92. The number of imidazole rings is 1. The van der Waals surface area contributed by atoms with Crippen molar-refractivity contribution in [3.8, 4) is 0 Å². The minimum absolute atomic E-state index is 0.175. The lowest BCUT2D eigenvalue weighted by molar-refractivity contribution is 0.0948. The normalized spacial score (nSPS) is 10.8. The molecular weight excluding hydrogens is 334 g/mol. The van der Waals surface area contributed by atoms with E-state index in [1.165, 1.54) is 6.20 Å². The van der Waals surface area contributed by atoms with Crippen molar-refractivity contribution in [1.82, 2.24) is 34.7 Å². The molecule has 0 aliphatic heterocycles. The number of nitrogens with zero attached hydrogens (tertiary/aromatic N) is 6. The second kappa shape index (κ2) is 9.09. The van der Waals surface area contributed by atoms with E-state index >= 15 is 0 Å². The Kier molecular flexibility index (Phi) is 6.84. The topological polar surface area (TPSA) is 113 Å². The van der Waals surface area contributed by atoms with Gasteiger partial charge in [-0.3, -0.25) is 10.1 Å². The van der Waals surface area contributed by atoms with E-state index < -0.39 is 0 Å². The Bertz CT molecular complexity index is 741. The molecule has 2 aromatic rings. The number of likely N-dealkylation sites (N-methyl/N-ethyl adjacent to an activating group) is 1. The van der Waals surface area contributed by atoms with Crippen LogP contribution in [0.1, 0.15) is 30.2 Å². The Morgan fingerprint density at radius 2 is 1.92 bits per heavy atom. The van der Waals surface area contributed by atoms with Gasteiger partial charge in [0.1, 0.15) is 11.5 Å². The van der Waals surface area contributed by atoms with Gasteiger partial charge in [-0.25, -0.2) is 4.98 Å². The predicted octanol–water partition coefficient (Wildman–Crippen LogP) is 0.634. The van der Waals surface area contributed by atoms with E-state index in [4.69, 9.17) is 0 Å². The summed E-state index contributed by atoms with van der Waals surface area (Å²) in [6, 6.07) is 0. The van der Waals surface area contributed by atoms with Crippen LogP contribution in [0, 0.1) is 0 Å². The summed E-state index contributed by atoms with van der Waals surface area (Å²) in [6.45, 7) is 6.00. The van der Waals surface area contributed by atoms with Gasteiger partial charge in [0, 0.05) is 33.1 Å². The first kappa shape index (κ1) is 19.6. The molecule has 0 saturated heterocycles. The SMILES string of the molecule is CCNC(=O)c1cnc(Nc2nc(CC)nc(NCCN(C)C)n2)n1C. The average Bonchev–Trinajstić information content (AvgIpc) is 2.95. The fourth-order valence-corrected chi connectivity index (χ4v) is 2.19. The maximum absolute atomic E-state index is 12.0. The van der Waals surface area contributed by atoms with Crippen LogP contribution >= 0.6 is 0 Å². The van der Waals surface area contributed by atoms with Crippen LogP contribution in [0.25, 0.3) is 0 Å². The smallest absolute Gasteiger partial charge is 0.269 e. The molecule has 2 heterocycles. The van der Waals surface area contributed by atoms with Gasteiger partial charge in [0.2, 0.25) is 17.8 Å². The first-order chi connectivity index (χ1) is 12.4. The molecule has 0 saturated carbocycles. The highest BCUT2D eigenvalue weighted by Gasteiger charge is 2.15. The highest BCUT2D eigenvalue weighted by Crippen LogP contribution is 2.14. The summed E-state index contributed by atoms with van der Waals surface area (Å²) in [7, 11) is 5.78. The molecule has 3 N–H and O–H groups in total. The van der Waals surface area contributed by atoms with Gasteiger partial charge in [-0.15, -0.1) is 0 Å². The molecule has 0 atom stereocenters. The van der Waals surface area contributed by atoms with E-state index in [2.05, 4.69) is 40.8 Å². The zero-order chi connectivity index (χ0) is 19.1. The van der Waals surface area contributed by atoms with Crippen molar-refractivity contribution in [2.45, 2.75) is 20.3 Å². The van der Waals surface area contributed by atoms with E-state index in [1.54, 1.807) is 11.6 Å². The zero-order valence-corrected chi connectivity index (χ0v) is 16.0. The summed E-state index contributed by atoms with van der Waals surface area (Å²) in [5, 5.41) is 9.02. The number of aryl methyl sites for hydroxylation is 1. The summed E-state index contributed by atoms with van der Waals surface area (Å²) in [5.74, 6) is 1.89. The lowest BCUT2D eigenvalue weighted by atomic mass is 10.4. The van der Waals surface area contributed by atoms with Crippen molar-refractivity contribution >= 4 is 23.8 Å². The van der Waals surface area contributed by atoms with Crippen molar-refractivity contribution in [3.63, 3.8) is 0 Å². The number of carbonyl (C=O) groups is 1. The van der Waals surface area contributed by atoms with Crippen molar-refractivity contribution < 1.29 is 4.79 Å². The number of rotatable bonds is 9. The van der Waals surface area contributed by atoms with Crippen LogP contribution in [0.15, 0.2) is 6.20 Å². The van der Waals surface area contributed by atoms with Gasteiger partial charge >= 0.3 is 0 Å². The van der Waals surface area contributed by atoms with Crippen LogP contribution in [-0.4, -0.2) is 69.0 Å². The molecule has 142 valence electrons. The molecule has 0 aromatic carbocycles. The second-order valence-electron chi connectivity index (χ2n) is 5.99. The standard InChI is InChI=1S/C16H27N9O/c1-6-12-20-14(18-8-9-24(3)4)22-15(21-12)23-16-19-10-11(25(16)5)13(26)17-7-2/h10H,6-9H2,1-5H3,(H,17,26)(H2,18,19,20,21,22,23). The Balaban J connectivity index is 2.17. The van der Waals surface area contributed by atoms with Crippen LogP contribution in [0.3, 0.4) is 0 Å². The molecule has 2 aromatic heterocycles. The number of hydrogen-bond donors (Lipinski definition) is 3. The fraction of sp³-hybridized carbons (Fsp3) is 0.562. The number of amides is 1. The van der Waals surface area contributed by atoms with E-state index in [0.29, 0.717) is 42.3 Å². The molecule has 0 spiro atoms. The Morgan fingerprint density at radius 1 is 1.19 bits per heavy atom. The second-order valence-corrected chi connectivity index (χ2v) is 5.99. The Hall–Kier alpha value is -2.75. The van der Waals surface area contributed by atoms with Crippen LogP contribution in [0.4, 0.5) is 17.8 Å². The molecule has 26 heavy (non-hydrogen) atoms. The maximum atomic E-state index is 12.0. The summed E-state index contributed by atoms with van der Waals surface area (Å²) in [5.41, 5.74) is 0.462. The fourth-order valence-electron chi connectivity index (χ4n) is 2.19. The molecule has 0 unspecified atom stereocenters. The van der Waals surface area contributed by atoms with Crippen molar-refractivity contribution in [1.29, 1.82) is 0 Å². The van der Waals surface area contributed by atoms with Crippen molar-refractivity contribution in [2.24, 2.45) is 7.05 Å². The van der Waals surface area contributed by atoms with Crippen LogP contribution in [0.5, 0.6) is 0 Å². The van der Waals surface area contributed by atoms with Crippen molar-refractivity contribution in [3.05, 3.63) is 17.7 Å². The third-order valence-corrected chi connectivity index (χ3v) is 3.62. The molecule has 0 aliphatic carbocycles. The predicted molar refractivity (Wildman–Crippen MR) is 101 cm³/mol. The van der Waals surface area contributed by atoms with Gasteiger partial charge < -0.3 is 20.1 Å². The van der Waals surface area contributed by atoms with E-state index in [0.717, 1.165) is 13.1 Å². The van der Waals surface area contributed by atoms with Gasteiger partial charge in [0.15, 0.2) is 0 Å². The molecule has 10 heteroatoms. The average molecular weight is 361 g/mol. The van der Waals surface area contributed by atoms with Crippen LogP contribution in [0.2, 0.25) is 0 Å². The van der Waals surface area contributed by atoms with Gasteiger partial charge in [-0.2, -0.15) is 15.0 Å². The third-order valence-electron chi connectivity index (χ3n) is 3.62. The number of hydrogen-bond acceptors (Lipinski definition) is 8. The van der Waals surface area contributed by atoms with E-state index in [1.807, 2.05) is 27.9 Å². The number of aromatic nitrogens is 5. The molecule has 10 nitrogen and oxygen atoms in total. The van der Waals surface area contributed by atoms with Gasteiger partial charge in [-0.05, 0) is 21.0 Å². The maximum Gasteiger partial charge on any atom is 0.269 e. The Morgan fingerprint density at radius 3 is 2.58 bits per heavy atom. The Labute approximate surface area is 153 Å². The third kappa shape index (κ3) is 5.12. The monoisotopic (exact) mass is 361 g/mol. The molecule has 1 amide bonds. The van der Waals surface area contributed by atoms with E-state index in [-0.39, 0.29) is 5.91 Å². The van der Waals surface area contributed by atoms with Crippen LogP contribution in [-0.2, 0) is 13.5 Å². The number of carbonyl (C=O) groups excluding carboxylic acids is 1. The first-order valence-corrected chi connectivity index (χ1v) is 8.65. The molecule has 2 rings (SSSR count). The number of anilines is 3. The van der Waals surface area contributed by atoms with Gasteiger partial charge in [0.05, 0.1) is 6.20 Å². The minimum Gasteiger partial charge on any atom is -0.353 e. The highest BCUT2D eigenvalue weighted by atomic mass is 16.1. The molecule has 0 bridgehead atoms. The van der Waals surface area contributed by atoms with Gasteiger partial charge in [0.25, 0.3) is 5.91 Å². The van der Waals surface area contributed by atoms with Crippen molar-refractivity contribution in [2.75, 3.05) is 44.4 Å². The molecule has 0 aliphatic rings. The quantitative estimate of drug-likeness (QED) is 0.596.